The Bertz CT molecular complexity index is 1810. The van der Waals surface area contributed by atoms with E-state index in [1.807, 2.05) is 36.4 Å². The molecule has 0 saturated carbocycles. The number of carbonyl (C=O) groups is 1. The van der Waals surface area contributed by atoms with E-state index in [4.69, 9.17) is 30.0 Å². The lowest BCUT2D eigenvalue weighted by Crippen LogP contribution is -2.28. The first-order chi connectivity index (χ1) is 21.9. The molecule has 0 bridgehead atoms. The molecular formula is C32H33FN8O4. The lowest BCUT2D eigenvalue weighted by atomic mass is 10.1. The number of nitrogen functional groups attached to an aromatic ring is 1. The summed E-state index contributed by atoms with van der Waals surface area (Å²) in [6.07, 6.45) is 3.88. The van der Waals surface area contributed by atoms with Gasteiger partial charge in [0.15, 0.2) is 11.9 Å². The molecule has 1 aliphatic heterocycles. The third kappa shape index (κ3) is 5.99. The Morgan fingerprint density at radius 2 is 1.87 bits per heavy atom. The molecule has 3 aromatic heterocycles. The number of carbonyl (C=O) groups excluding carboxylic acids is 1. The maximum Gasteiger partial charge on any atom is 0.255 e. The second kappa shape index (κ2) is 12.8. The van der Waals surface area contributed by atoms with Gasteiger partial charge in [-0.25, -0.2) is 24.0 Å². The number of hydrogen-bond donors (Lipinski definition) is 2. The molecule has 0 unspecified atom stereocenters. The van der Waals surface area contributed by atoms with Crippen LogP contribution in [0.25, 0.3) is 28.0 Å². The highest BCUT2D eigenvalue weighted by atomic mass is 19.1. The second-order valence-corrected chi connectivity index (χ2v) is 10.7. The maximum atomic E-state index is 13.7. The number of benzene rings is 2. The zero-order valence-electron chi connectivity index (χ0n) is 25.1. The number of amides is 1. The van der Waals surface area contributed by atoms with Crippen molar-refractivity contribution in [2.24, 2.45) is 5.92 Å². The summed E-state index contributed by atoms with van der Waals surface area (Å²) in [5.74, 6) is 0.761. The molecule has 5 aromatic rings. The number of nitrogens with zero attached hydrogens (tertiary/aromatic N) is 6. The Morgan fingerprint density at radius 1 is 1.07 bits per heavy atom. The number of aromatic nitrogens is 5. The minimum atomic E-state index is -0.518. The monoisotopic (exact) mass is 612 g/mol. The molecule has 4 heterocycles. The zero-order valence-corrected chi connectivity index (χ0v) is 25.1. The average Bonchev–Trinajstić information content (AvgIpc) is 3.71. The molecule has 12 nitrogen and oxygen atoms in total. The Kier molecular flexibility index (Phi) is 8.54. The molecule has 6 rings (SSSR count). The Morgan fingerprint density at radius 3 is 2.58 bits per heavy atom. The van der Waals surface area contributed by atoms with Gasteiger partial charge in [0.05, 0.1) is 29.9 Å². The van der Waals surface area contributed by atoms with E-state index in [0.717, 1.165) is 48.2 Å². The number of fused-ring (bicyclic) bond motifs is 1. The van der Waals surface area contributed by atoms with Crippen LogP contribution in [0.1, 0.15) is 22.3 Å². The van der Waals surface area contributed by atoms with Crippen molar-refractivity contribution in [3.8, 4) is 22.7 Å². The zero-order chi connectivity index (χ0) is 31.5. The summed E-state index contributed by atoms with van der Waals surface area (Å²) in [4.78, 5) is 28.3. The van der Waals surface area contributed by atoms with Gasteiger partial charge in [0, 0.05) is 45.3 Å². The molecule has 1 saturated heterocycles. The van der Waals surface area contributed by atoms with E-state index in [-0.39, 0.29) is 24.3 Å². The molecule has 45 heavy (non-hydrogen) atoms. The van der Waals surface area contributed by atoms with Crippen molar-refractivity contribution in [2.75, 3.05) is 45.1 Å². The van der Waals surface area contributed by atoms with Gasteiger partial charge < -0.3 is 30.2 Å². The predicted octanol–water partition coefficient (Wildman–Crippen LogP) is 3.98. The van der Waals surface area contributed by atoms with Gasteiger partial charge >= 0.3 is 0 Å². The van der Waals surface area contributed by atoms with Crippen LogP contribution < -0.4 is 20.7 Å². The maximum absolute atomic E-state index is 13.7. The Hall–Kier alpha value is -5.14. The van der Waals surface area contributed by atoms with Gasteiger partial charge in [-0.2, -0.15) is 5.10 Å². The quantitative estimate of drug-likeness (QED) is 0.222. The van der Waals surface area contributed by atoms with Crippen LogP contribution in [0.15, 0.2) is 67.1 Å². The van der Waals surface area contributed by atoms with Gasteiger partial charge in [0.1, 0.15) is 35.2 Å². The first-order valence-corrected chi connectivity index (χ1v) is 14.4. The largest absolute Gasteiger partial charge is 0.496 e. The van der Waals surface area contributed by atoms with E-state index in [2.05, 4.69) is 20.2 Å². The molecule has 0 aliphatic carbocycles. The SMILES string of the molecule is COc1ccc(F)cc1C(=O)NCc1ccc(-c2nn(-c3ccc(N4CC[C@H](C(OC)OC)C4)nc3)c3ncnc(N)c23)cc1. The van der Waals surface area contributed by atoms with Crippen LogP contribution in [-0.2, 0) is 16.0 Å². The third-order valence-corrected chi connectivity index (χ3v) is 7.96. The summed E-state index contributed by atoms with van der Waals surface area (Å²) >= 11 is 0. The first-order valence-electron chi connectivity index (χ1n) is 14.4. The highest BCUT2D eigenvalue weighted by Gasteiger charge is 2.30. The summed E-state index contributed by atoms with van der Waals surface area (Å²) < 4.78 is 31.5. The fourth-order valence-corrected chi connectivity index (χ4v) is 5.66. The number of nitrogens with one attached hydrogen (secondary N) is 1. The highest BCUT2D eigenvalue weighted by molar-refractivity contribution is 5.99. The summed E-state index contributed by atoms with van der Waals surface area (Å²) in [6, 6.07) is 15.3. The van der Waals surface area contributed by atoms with Crippen LogP contribution >= 0.6 is 0 Å². The van der Waals surface area contributed by atoms with Crippen LogP contribution in [0, 0.1) is 11.7 Å². The third-order valence-electron chi connectivity index (χ3n) is 7.96. The van der Waals surface area contributed by atoms with Crippen LogP contribution in [0.2, 0.25) is 0 Å². The number of ether oxygens (including phenoxy) is 3. The summed E-state index contributed by atoms with van der Waals surface area (Å²) in [5, 5.41) is 8.30. The number of nitrogens with two attached hydrogens (primary N) is 1. The van der Waals surface area contributed by atoms with Crippen molar-refractivity contribution in [1.82, 2.24) is 30.0 Å². The van der Waals surface area contributed by atoms with Gasteiger partial charge in [-0.05, 0) is 42.3 Å². The van der Waals surface area contributed by atoms with Gasteiger partial charge in [0.2, 0.25) is 0 Å². The van der Waals surface area contributed by atoms with Crippen molar-refractivity contribution in [3.05, 3.63) is 84.1 Å². The number of rotatable bonds is 10. The minimum Gasteiger partial charge on any atom is -0.496 e. The Balaban J connectivity index is 1.21. The smallest absolute Gasteiger partial charge is 0.255 e. The van der Waals surface area contributed by atoms with Gasteiger partial charge in [-0.1, -0.05) is 24.3 Å². The summed E-state index contributed by atoms with van der Waals surface area (Å²) in [5.41, 5.74) is 9.96. The van der Waals surface area contributed by atoms with E-state index < -0.39 is 11.7 Å². The molecule has 0 radical (unpaired) electrons. The highest BCUT2D eigenvalue weighted by Crippen LogP contribution is 2.32. The molecule has 13 heteroatoms. The van der Waals surface area contributed by atoms with E-state index in [9.17, 15) is 9.18 Å². The fourth-order valence-electron chi connectivity index (χ4n) is 5.66. The lowest BCUT2D eigenvalue weighted by Gasteiger charge is -2.22. The van der Waals surface area contributed by atoms with Crippen molar-refractivity contribution < 1.29 is 23.4 Å². The normalized spacial score (nSPS) is 14.8. The van der Waals surface area contributed by atoms with Gasteiger partial charge in [-0.3, -0.25) is 4.79 Å². The van der Waals surface area contributed by atoms with Gasteiger partial charge in [-0.15, -0.1) is 0 Å². The molecule has 1 atom stereocenters. The molecular weight excluding hydrogens is 579 g/mol. The van der Waals surface area contributed by atoms with E-state index in [1.54, 1.807) is 25.1 Å². The van der Waals surface area contributed by atoms with E-state index in [0.29, 0.717) is 28.3 Å². The van der Waals surface area contributed by atoms with Crippen LogP contribution in [0.3, 0.4) is 0 Å². The lowest BCUT2D eigenvalue weighted by molar-refractivity contribution is -0.132. The summed E-state index contributed by atoms with van der Waals surface area (Å²) in [6.45, 7) is 1.88. The summed E-state index contributed by atoms with van der Waals surface area (Å²) in [7, 11) is 4.75. The Labute approximate surface area is 259 Å². The molecule has 1 fully saturated rings. The number of pyridine rings is 1. The van der Waals surface area contributed by atoms with Gasteiger partial charge in [0.25, 0.3) is 5.91 Å². The van der Waals surface area contributed by atoms with Crippen molar-refractivity contribution in [1.29, 1.82) is 0 Å². The first kappa shape index (κ1) is 29.9. The van der Waals surface area contributed by atoms with E-state index in [1.165, 1.54) is 25.6 Å². The van der Waals surface area contributed by atoms with Crippen molar-refractivity contribution >= 4 is 28.6 Å². The predicted molar refractivity (Wildman–Crippen MR) is 167 cm³/mol. The number of methoxy groups -OCH3 is 3. The van der Waals surface area contributed by atoms with Crippen LogP contribution in [0.5, 0.6) is 5.75 Å². The van der Waals surface area contributed by atoms with Crippen LogP contribution in [-0.4, -0.2) is 71.3 Å². The standard InChI is InChI=1S/C32H33FN8O4/c1-43-25-10-8-22(33)14-24(25)31(42)36-15-19-4-6-20(7-5-19)28-27-29(34)37-18-38-30(27)41(39-28)23-9-11-26(35-16-23)40-13-12-21(17-40)32(44-2)45-3/h4-11,14,16,18,21,32H,12-13,15,17H2,1-3H3,(H,36,42)(H2,34,37,38)/t21-/m0/s1. The number of anilines is 2. The molecule has 232 valence electrons. The molecule has 3 N–H and O–H groups in total. The topological polar surface area (TPSA) is 143 Å². The molecule has 0 spiro atoms. The average molecular weight is 613 g/mol. The molecule has 2 aromatic carbocycles. The van der Waals surface area contributed by atoms with E-state index >= 15 is 0 Å². The number of halogens is 1. The second-order valence-electron chi connectivity index (χ2n) is 10.7. The van der Waals surface area contributed by atoms with Crippen molar-refractivity contribution in [2.45, 2.75) is 19.3 Å². The van der Waals surface area contributed by atoms with Crippen LogP contribution in [0.4, 0.5) is 16.0 Å². The van der Waals surface area contributed by atoms with Crippen molar-refractivity contribution in [3.63, 3.8) is 0 Å². The fraction of sp³-hybridized carbons (Fsp3) is 0.281. The number of hydrogen-bond acceptors (Lipinski definition) is 10. The molecule has 1 amide bonds. The minimum absolute atomic E-state index is 0.125. The molecule has 1 aliphatic rings.